The number of carbonyl (C=O) groups excluding carboxylic acids is 4. The lowest BCUT2D eigenvalue weighted by Gasteiger charge is -2.31. The summed E-state index contributed by atoms with van der Waals surface area (Å²) >= 11 is 0. The van der Waals surface area contributed by atoms with Crippen LogP contribution in [0.2, 0.25) is 0 Å². The third kappa shape index (κ3) is 6.24. The molecule has 1 fully saturated rings. The molecule has 1 saturated carbocycles. The Labute approximate surface area is 194 Å². The number of likely N-dealkylation sites (N-methyl/N-ethyl adjacent to an activating group) is 1. The van der Waals surface area contributed by atoms with Crippen molar-refractivity contribution >= 4 is 23.6 Å². The molecule has 1 aromatic rings. The zero-order valence-corrected chi connectivity index (χ0v) is 19.6. The molecule has 0 unspecified atom stereocenters. The van der Waals surface area contributed by atoms with Crippen molar-refractivity contribution in [2.45, 2.75) is 64.1 Å². The molecular weight excluding hydrogens is 424 g/mol. The summed E-state index contributed by atoms with van der Waals surface area (Å²) in [5.74, 6) is -1.32. The summed E-state index contributed by atoms with van der Waals surface area (Å²) in [5, 5.41) is 8.41. The molecule has 0 radical (unpaired) electrons. The first-order chi connectivity index (χ1) is 15.8. The van der Waals surface area contributed by atoms with Gasteiger partial charge >= 0.3 is 0 Å². The van der Waals surface area contributed by atoms with Crippen LogP contribution in [0.25, 0.3) is 0 Å². The predicted octanol–water partition coefficient (Wildman–Crippen LogP) is 1.23. The molecule has 9 heteroatoms. The highest BCUT2D eigenvalue weighted by atomic mass is 16.5. The largest absolute Gasteiger partial charge is 0.491 e. The van der Waals surface area contributed by atoms with Crippen molar-refractivity contribution in [1.82, 2.24) is 20.9 Å². The molecule has 0 spiro atoms. The van der Waals surface area contributed by atoms with E-state index >= 15 is 0 Å². The Balaban J connectivity index is 1.89. The van der Waals surface area contributed by atoms with E-state index in [1.54, 1.807) is 31.3 Å². The minimum absolute atomic E-state index is 0.0595. The van der Waals surface area contributed by atoms with Gasteiger partial charge in [0.1, 0.15) is 24.4 Å². The topological polar surface area (TPSA) is 117 Å². The number of amides is 4. The van der Waals surface area contributed by atoms with Crippen molar-refractivity contribution in [1.29, 1.82) is 0 Å². The Morgan fingerprint density at radius 3 is 2.61 bits per heavy atom. The maximum absolute atomic E-state index is 13.1. The first kappa shape index (κ1) is 24.5. The second-order valence-corrected chi connectivity index (χ2v) is 8.90. The summed E-state index contributed by atoms with van der Waals surface area (Å²) in [6.07, 6.45) is 3.23. The third-order valence-electron chi connectivity index (χ3n) is 6.45. The minimum atomic E-state index is -1.07. The van der Waals surface area contributed by atoms with Gasteiger partial charge in [-0.25, -0.2) is 0 Å². The van der Waals surface area contributed by atoms with Gasteiger partial charge in [0.2, 0.25) is 17.7 Å². The number of nitrogens with zero attached hydrogens (tertiary/aromatic N) is 1. The van der Waals surface area contributed by atoms with Crippen LogP contribution in [0.1, 0.15) is 56.3 Å². The lowest BCUT2D eigenvalue weighted by Crippen LogP contribution is -2.55. The van der Waals surface area contributed by atoms with Crippen molar-refractivity contribution in [2.75, 3.05) is 20.2 Å². The Hall–Kier alpha value is -3.10. The molecule has 2 aliphatic rings. The smallest absolute Gasteiger partial charge is 0.255 e. The molecule has 4 amide bonds. The van der Waals surface area contributed by atoms with Crippen molar-refractivity contribution in [3.8, 4) is 5.75 Å². The zero-order chi connectivity index (χ0) is 24.0. The van der Waals surface area contributed by atoms with Crippen LogP contribution < -0.4 is 20.7 Å². The van der Waals surface area contributed by atoms with E-state index in [0.29, 0.717) is 18.7 Å². The molecule has 1 aliphatic carbocycles. The van der Waals surface area contributed by atoms with Crippen molar-refractivity contribution in [2.24, 2.45) is 5.92 Å². The van der Waals surface area contributed by atoms with Crippen LogP contribution >= 0.6 is 0 Å². The number of carbonyl (C=O) groups is 4. The van der Waals surface area contributed by atoms with Crippen molar-refractivity contribution < 1.29 is 23.9 Å². The van der Waals surface area contributed by atoms with Crippen LogP contribution in [0.15, 0.2) is 24.3 Å². The maximum Gasteiger partial charge on any atom is 0.255 e. The van der Waals surface area contributed by atoms with E-state index < -0.39 is 29.8 Å². The normalized spacial score (nSPS) is 23.7. The molecule has 3 atom stereocenters. The first-order valence-corrected chi connectivity index (χ1v) is 11.7. The molecule has 0 saturated heterocycles. The van der Waals surface area contributed by atoms with Crippen molar-refractivity contribution in [3.63, 3.8) is 0 Å². The molecule has 0 aromatic heterocycles. The van der Waals surface area contributed by atoms with Gasteiger partial charge in [-0.2, -0.15) is 0 Å². The van der Waals surface area contributed by atoms with Crippen LogP contribution in [0.3, 0.4) is 0 Å². The minimum Gasteiger partial charge on any atom is -0.491 e. The predicted molar refractivity (Wildman–Crippen MR) is 123 cm³/mol. The van der Waals surface area contributed by atoms with Crippen LogP contribution in [0.5, 0.6) is 5.75 Å². The quantitative estimate of drug-likeness (QED) is 0.627. The number of nitrogens with one attached hydrogen (secondary N) is 3. The summed E-state index contributed by atoms with van der Waals surface area (Å²) in [6.45, 7) is 4.32. The second kappa shape index (κ2) is 11.2. The fraction of sp³-hybridized carbons (Fsp3) is 0.583. The van der Waals surface area contributed by atoms with Crippen LogP contribution in [-0.4, -0.2) is 66.9 Å². The SMILES string of the molecule is CC[C@H](C)[C@@H]1NC(=O)C[C@@H](C(=O)NC2CCC2)NC(=O)c2ccccc2OCCN(C)C1=O. The highest BCUT2D eigenvalue weighted by Crippen LogP contribution is 2.20. The molecule has 33 heavy (non-hydrogen) atoms. The zero-order valence-electron chi connectivity index (χ0n) is 19.6. The van der Waals surface area contributed by atoms with E-state index in [1.165, 1.54) is 4.90 Å². The van der Waals surface area contributed by atoms with Crippen LogP contribution in [0.4, 0.5) is 0 Å². The molecule has 180 valence electrons. The first-order valence-electron chi connectivity index (χ1n) is 11.7. The van der Waals surface area contributed by atoms with E-state index in [4.69, 9.17) is 4.74 Å². The molecule has 3 N–H and O–H groups in total. The highest BCUT2D eigenvalue weighted by molar-refractivity contribution is 6.01. The number of hydrogen-bond acceptors (Lipinski definition) is 5. The molecule has 1 heterocycles. The fourth-order valence-electron chi connectivity index (χ4n) is 3.82. The lowest BCUT2D eigenvalue weighted by atomic mass is 9.92. The average Bonchev–Trinajstić information content (AvgIpc) is 2.77. The molecular formula is C24H34N4O5. The van der Waals surface area contributed by atoms with E-state index in [0.717, 1.165) is 19.3 Å². The number of fused-ring (bicyclic) bond motifs is 1. The molecule has 1 aliphatic heterocycles. The molecule has 0 bridgehead atoms. The van der Waals surface area contributed by atoms with E-state index in [-0.39, 0.29) is 36.5 Å². The van der Waals surface area contributed by atoms with E-state index in [2.05, 4.69) is 16.0 Å². The Bertz CT molecular complexity index is 885. The maximum atomic E-state index is 13.1. The van der Waals surface area contributed by atoms with Gasteiger partial charge in [0.05, 0.1) is 18.5 Å². The van der Waals surface area contributed by atoms with Gasteiger partial charge in [-0.1, -0.05) is 32.4 Å². The van der Waals surface area contributed by atoms with Crippen LogP contribution in [-0.2, 0) is 14.4 Å². The number of ether oxygens (including phenoxy) is 1. The van der Waals surface area contributed by atoms with Gasteiger partial charge in [0, 0.05) is 13.1 Å². The monoisotopic (exact) mass is 458 g/mol. The van der Waals surface area contributed by atoms with Gasteiger partial charge in [0.15, 0.2) is 0 Å². The second-order valence-electron chi connectivity index (χ2n) is 8.90. The van der Waals surface area contributed by atoms with E-state index in [9.17, 15) is 19.2 Å². The Morgan fingerprint density at radius 1 is 1.21 bits per heavy atom. The average molecular weight is 459 g/mol. The lowest BCUT2D eigenvalue weighted by molar-refractivity contribution is -0.137. The van der Waals surface area contributed by atoms with Crippen molar-refractivity contribution in [3.05, 3.63) is 29.8 Å². The van der Waals surface area contributed by atoms with Gasteiger partial charge in [-0.3, -0.25) is 19.2 Å². The Morgan fingerprint density at radius 2 is 1.94 bits per heavy atom. The summed E-state index contributed by atoms with van der Waals surface area (Å²) < 4.78 is 5.81. The highest BCUT2D eigenvalue weighted by Gasteiger charge is 2.33. The fourth-order valence-corrected chi connectivity index (χ4v) is 3.82. The van der Waals surface area contributed by atoms with Crippen LogP contribution in [0, 0.1) is 5.92 Å². The van der Waals surface area contributed by atoms with Gasteiger partial charge in [0.25, 0.3) is 5.91 Å². The summed E-state index contributed by atoms with van der Waals surface area (Å²) in [6, 6.07) is 4.98. The molecule has 9 nitrogen and oxygen atoms in total. The molecule has 3 rings (SSSR count). The number of hydrogen-bond donors (Lipinski definition) is 3. The summed E-state index contributed by atoms with van der Waals surface area (Å²) in [4.78, 5) is 53.5. The Kier molecular flexibility index (Phi) is 8.30. The van der Waals surface area contributed by atoms with Gasteiger partial charge in [-0.15, -0.1) is 0 Å². The number of para-hydroxylation sites is 1. The van der Waals surface area contributed by atoms with E-state index in [1.807, 2.05) is 13.8 Å². The molecule has 1 aromatic carbocycles. The number of rotatable bonds is 4. The van der Waals surface area contributed by atoms with Gasteiger partial charge < -0.3 is 25.6 Å². The number of benzene rings is 1. The summed E-state index contributed by atoms with van der Waals surface area (Å²) in [5.41, 5.74) is 0.267. The summed E-state index contributed by atoms with van der Waals surface area (Å²) in [7, 11) is 1.66. The standard InChI is InChI=1S/C24H34N4O5/c1-4-15(2)21-24(32)28(3)12-13-33-19-11-6-5-10-17(19)22(30)26-18(14-20(29)27-21)23(31)25-16-8-7-9-16/h5-6,10-11,15-16,18,21H,4,7-9,12-14H2,1-3H3,(H,25,31)(H,26,30)(H,27,29)/t15-,18-,21-/m0/s1. The van der Waals surface area contributed by atoms with Gasteiger partial charge in [-0.05, 0) is 37.3 Å². The third-order valence-corrected chi connectivity index (χ3v) is 6.45.